The molecule has 0 unspecified atom stereocenters. The number of imidazole rings is 1. The minimum absolute atomic E-state index is 0.204. The smallest absolute Gasteiger partial charge is 0.337 e. The second-order valence-electron chi connectivity index (χ2n) is 9.88. The standard InChI is InChI=1S/C28H28FN3O2/c1-34-28(33)19-8-10-24-25(14-19)32-27(31-24)26(18-6-7-18)17-4-2-16(3-5-17)21-12-13-30-23-11-9-20(29)15-22(21)23/h8-18,26H,2-7H2,1H3,(H,31,32)/t16?,17?,26-/m0/s1. The van der Waals surface area contributed by atoms with E-state index < -0.39 is 0 Å². The molecule has 0 aliphatic heterocycles. The number of benzene rings is 2. The molecule has 2 aliphatic rings. The molecule has 0 radical (unpaired) electrons. The van der Waals surface area contributed by atoms with Crippen LogP contribution in [0.5, 0.6) is 0 Å². The largest absolute Gasteiger partial charge is 0.465 e. The van der Waals surface area contributed by atoms with Crippen LogP contribution in [0.25, 0.3) is 21.9 Å². The lowest BCUT2D eigenvalue weighted by atomic mass is 9.72. The van der Waals surface area contributed by atoms with E-state index in [9.17, 15) is 9.18 Å². The number of ether oxygens (including phenoxy) is 1. The zero-order valence-corrected chi connectivity index (χ0v) is 19.3. The number of nitrogens with zero attached hydrogens (tertiary/aromatic N) is 2. The minimum atomic E-state index is -0.335. The molecule has 2 saturated carbocycles. The summed E-state index contributed by atoms with van der Waals surface area (Å²) in [5, 5.41) is 0.948. The normalized spacial score (nSPS) is 21.6. The maximum atomic E-state index is 13.9. The molecule has 174 valence electrons. The quantitative estimate of drug-likeness (QED) is 0.347. The number of H-pyrrole nitrogens is 1. The molecule has 0 saturated heterocycles. The first-order valence-electron chi connectivity index (χ1n) is 12.2. The van der Waals surface area contributed by atoms with Crippen LogP contribution in [0.2, 0.25) is 0 Å². The highest BCUT2D eigenvalue weighted by Crippen LogP contribution is 2.51. The molecule has 2 aromatic carbocycles. The van der Waals surface area contributed by atoms with Crippen molar-refractivity contribution in [2.75, 3.05) is 7.11 Å². The van der Waals surface area contributed by atoms with E-state index >= 15 is 0 Å². The predicted molar refractivity (Wildman–Crippen MR) is 129 cm³/mol. The lowest BCUT2D eigenvalue weighted by molar-refractivity contribution is 0.0601. The number of pyridine rings is 1. The number of carbonyl (C=O) groups is 1. The molecule has 4 aromatic rings. The zero-order valence-electron chi connectivity index (χ0n) is 19.3. The third-order valence-electron chi connectivity index (χ3n) is 7.82. The Balaban J connectivity index is 1.24. The topological polar surface area (TPSA) is 67.9 Å². The van der Waals surface area contributed by atoms with Gasteiger partial charge in [0.15, 0.2) is 0 Å². The summed E-state index contributed by atoms with van der Waals surface area (Å²) < 4.78 is 18.8. The van der Waals surface area contributed by atoms with E-state index in [4.69, 9.17) is 9.72 Å². The SMILES string of the molecule is COC(=O)c1ccc2nc([C@@H](C3CCC(c4ccnc5ccc(F)cc45)CC3)C3CC3)[nH]c2c1. The van der Waals surface area contributed by atoms with Crippen molar-refractivity contribution < 1.29 is 13.9 Å². The molecule has 34 heavy (non-hydrogen) atoms. The lowest BCUT2D eigenvalue weighted by Gasteiger charge is -2.34. The Morgan fingerprint density at radius 2 is 1.74 bits per heavy atom. The summed E-state index contributed by atoms with van der Waals surface area (Å²) in [5.41, 5.74) is 4.42. The maximum absolute atomic E-state index is 13.9. The summed E-state index contributed by atoms with van der Waals surface area (Å²) in [7, 11) is 1.40. The number of fused-ring (bicyclic) bond motifs is 2. The second-order valence-corrected chi connectivity index (χ2v) is 9.88. The Kier molecular flexibility index (Phi) is 5.31. The average molecular weight is 458 g/mol. The van der Waals surface area contributed by atoms with Gasteiger partial charge in [-0.1, -0.05) is 0 Å². The van der Waals surface area contributed by atoms with Gasteiger partial charge >= 0.3 is 5.97 Å². The van der Waals surface area contributed by atoms with Crippen molar-refractivity contribution in [2.24, 2.45) is 11.8 Å². The van der Waals surface area contributed by atoms with Gasteiger partial charge in [0.2, 0.25) is 0 Å². The van der Waals surface area contributed by atoms with Crippen LogP contribution in [0.3, 0.4) is 0 Å². The first-order chi connectivity index (χ1) is 16.6. The molecule has 0 spiro atoms. The third kappa shape index (κ3) is 3.85. The number of halogens is 1. The van der Waals surface area contributed by atoms with E-state index in [1.807, 2.05) is 18.3 Å². The Morgan fingerprint density at radius 1 is 1.00 bits per heavy atom. The molecule has 0 bridgehead atoms. The van der Waals surface area contributed by atoms with E-state index in [0.29, 0.717) is 29.2 Å². The number of rotatable bonds is 5. The summed E-state index contributed by atoms with van der Waals surface area (Å²) >= 11 is 0. The number of aromatic nitrogens is 3. The molecule has 0 amide bonds. The first-order valence-corrected chi connectivity index (χ1v) is 12.2. The number of carbonyl (C=O) groups excluding carboxylic acids is 1. The van der Waals surface area contributed by atoms with Gasteiger partial charge in [-0.3, -0.25) is 4.98 Å². The molecule has 5 nitrogen and oxygen atoms in total. The number of aromatic amines is 1. The second kappa shape index (κ2) is 8.49. The molecule has 2 heterocycles. The van der Waals surface area contributed by atoms with Crippen molar-refractivity contribution >= 4 is 27.9 Å². The fourth-order valence-electron chi connectivity index (χ4n) is 6.00. The van der Waals surface area contributed by atoms with Crippen LogP contribution in [-0.2, 0) is 4.74 Å². The number of hydrogen-bond acceptors (Lipinski definition) is 4. The molecule has 1 atom stereocenters. The van der Waals surface area contributed by atoms with Crippen molar-refractivity contribution in [3.8, 4) is 0 Å². The average Bonchev–Trinajstić information content (AvgIpc) is 3.61. The van der Waals surface area contributed by atoms with Crippen LogP contribution >= 0.6 is 0 Å². The number of hydrogen-bond donors (Lipinski definition) is 1. The minimum Gasteiger partial charge on any atom is -0.465 e. The number of methoxy groups -OCH3 is 1. The van der Waals surface area contributed by atoms with Crippen LogP contribution in [-0.4, -0.2) is 28.0 Å². The maximum Gasteiger partial charge on any atom is 0.337 e. The number of esters is 1. The number of nitrogens with one attached hydrogen (secondary N) is 1. The van der Waals surface area contributed by atoms with E-state index in [-0.39, 0.29) is 11.8 Å². The highest BCUT2D eigenvalue weighted by atomic mass is 19.1. The fraction of sp³-hybridized carbons (Fsp3) is 0.393. The lowest BCUT2D eigenvalue weighted by Crippen LogP contribution is -2.22. The van der Waals surface area contributed by atoms with Gasteiger partial charge in [-0.2, -0.15) is 0 Å². The van der Waals surface area contributed by atoms with Crippen LogP contribution in [0.1, 0.15) is 72.1 Å². The predicted octanol–water partition coefficient (Wildman–Crippen LogP) is 6.50. The van der Waals surface area contributed by atoms with E-state index in [1.165, 1.54) is 31.6 Å². The summed E-state index contributed by atoms with van der Waals surface area (Å²) in [4.78, 5) is 24.8. The van der Waals surface area contributed by atoms with Crippen molar-refractivity contribution in [3.05, 3.63) is 71.4 Å². The first kappa shape index (κ1) is 21.3. The van der Waals surface area contributed by atoms with Gasteiger partial charge in [-0.25, -0.2) is 14.2 Å². The summed E-state index contributed by atoms with van der Waals surface area (Å²) in [6, 6.07) is 12.5. The Hall–Kier alpha value is -3.28. The van der Waals surface area contributed by atoms with Crippen LogP contribution in [0, 0.1) is 17.7 Å². The van der Waals surface area contributed by atoms with E-state index in [0.717, 1.165) is 53.4 Å². The van der Waals surface area contributed by atoms with Crippen LogP contribution in [0.15, 0.2) is 48.7 Å². The highest BCUT2D eigenvalue weighted by molar-refractivity contribution is 5.93. The summed E-state index contributed by atoms with van der Waals surface area (Å²) in [6.07, 6.45) is 8.82. The molecule has 2 aromatic heterocycles. The van der Waals surface area contributed by atoms with Gasteiger partial charge in [0.1, 0.15) is 11.6 Å². The van der Waals surface area contributed by atoms with Crippen molar-refractivity contribution in [3.63, 3.8) is 0 Å². The van der Waals surface area contributed by atoms with E-state index in [2.05, 4.69) is 16.0 Å². The van der Waals surface area contributed by atoms with Gasteiger partial charge in [-0.15, -0.1) is 0 Å². The molecule has 2 aliphatic carbocycles. The zero-order chi connectivity index (χ0) is 23.2. The molecular weight excluding hydrogens is 429 g/mol. The Morgan fingerprint density at radius 3 is 2.47 bits per heavy atom. The molecule has 1 N–H and O–H groups in total. The fourth-order valence-corrected chi connectivity index (χ4v) is 6.00. The Bertz CT molecular complexity index is 1370. The summed E-state index contributed by atoms with van der Waals surface area (Å²) in [5.74, 6) is 2.62. The van der Waals surface area contributed by atoms with Gasteiger partial charge in [0.05, 0.1) is 29.2 Å². The molecule has 2 fully saturated rings. The summed E-state index contributed by atoms with van der Waals surface area (Å²) in [6.45, 7) is 0. The molecule has 6 rings (SSSR count). The Labute approximate surface area is 197 Å². The molecular formula is C28H28FN3O2. The van der Waals surface area contributed by atoms with Crippen LogP contribution < -0.4 is 0 Å². The van der Waals surface area contributed by atoms with Gasteiger partial charge in [-0.05, 0) is 104 Å². The van der Waals surface area contributed by atoms with Crippen LogP contribution in [0.4, 0.5) is 4.39 Å². The van der Waals surface area contributed by atoms with Gasteiger partial charge in [0, 0.05) is 17.5 Å². The monoisotopic (exact) mass is 457 g/mol. The third-order valence-corrected chi connectivity index (χ3v) is 7.82. The van der Waals surface area contributed by atoms with Crippen molar-refractivity contribution in [1.82, 2.24) is 15.0 Å². The molecule has 6 heteroatoms. The van der Waals surface area contributed by atoms with Gasteiger partial charge in [0.25, 0.3) is 0 Å². The van der Waals surface area contributed by atoms with Crippen molar-refractivity contribution in [1.29, 1.82) is 0 Å². The van der Waals surface area contributed by atoms with Crippen molar-refractivity contribution in [2.45, 2.75) is 50.4 Å². The highest BCUT2D eigenvalue weighted by Gasteiger charge is 2.41. The van der Waals surface area contributed by atoms with Gasteiger partial charge < -0.3 is 9.72 Å². The van der Waals surface area contributed by atoms with E-state index in [1.54, 1.807) is 18.2 Å².